The van der Waals surface area contributed by atoms with E-state index in [2.05, 4.69) is 22.7 Å². The molecule has 0 fully saturated rings. The number of carbonyl (C=O) groups is 1. The molecule has 5 nitrogen and oxygen atoms in total. The number of terminal acetylenes is 1. The molecule has 0 spiro atoms. The van der Waals surface area contributed by atoms with E-state index < -0.39 is 0 Å². The number of carbonyl (C=O) groups excluding carboxylic acids is 1. The van der Waals surface area contributed by atoms with Crippen LogP contribution in [0.1, 0.15) is 27.2 Å². The van der Waals surface area contributed by atoms with Gasteiger partial charge in [0.2, 0.25) is 5.91 Å². The van der Waals surface area contributed by atoms with Crippen molar-refractivity contribution in [2.45, 2.75) is 32.4 Å². The lowest BCUT2D eigenvalue weighted by atomic mass is 10.3. The average molecular weight is 379 g/mol. The number of aliphatic imine (C=N–C) groups is 1. The number of anilines is 1. The van der Waals surface area contributed by atoms with Crippen LogP contribution in [0.2, 0.25) is 5.15 Å². The maximum absolute atomic E-state index is 12.5. The zero-order valence-electron chi connectivity index (χ0n) is 14.8. The molecule has 1 rings (SSSR count). The second-order valence-electron chi connectivity index (χ2n) is 5.15. The van der Waals surface area contributed by atoms with E-state index in [1.807, 2.05) is 26.8 Å². The number of allylic oxidation sites excluding steroid dienone is 3. The van der Waals surface area contributed by atoms with E-state index in [0.29, 0.717) is 29.6 Å². The van der Waals surface area contributed by atoms with Crippen LogP contribution in [0.4, 0.5) is 5.69 Å². The Morgan fingerprint density at radius 3 is 3.00 bits per heavy atom. The van der Waals surface area contributed by atoms with E-state index in [9.17, 15) is 4.79 Å². The molecule has 0 aliphatic carbocycles. The predicted molar refractivity (Wildman–Crippen MR) is 109 cm³/mol. The summed E-state index contributed by atoms with van der Waals surface area (Å²) in [7, 11) is 0. The number of halogens is 1. The minimum atomic E-state index is -0.00180. The van der Waals surface area contributed by atoms with Crippen molar-refractivity contribution in [1.29, 1.82) is 0 Å². The topological polar surface area (TPSA) is 50.5 Å². The quantitative estimate of drug-likeness (QED) is 0.369. The Hall–Kier alpha value is -1.97. The fraction of sp³-hybridized carbons (Fsp3) is 0.389. The van der Waals surface area contributed by atoms with Crippen LogP contribution in [0.5, 0.6) is 0 Å². The Morgan fingerprint density at radius 2 is 2.40 bits per heavy atom. The summed E-state index contributed by atoms with van der Waals surface area (Å²) < 4.78 is 1.64. The Balaban J connectivity index is 2.88. The first-order valence-corrected chi connectivity index (χ1v) is 9.30. The van der Waals surface area contributed by atoms with Gasteiger partial charge in [-0.05, 0) is 39.6 Å². The highest BCUT2D eigenvalue weighted by Gasteiger charge is 2.20. The maximum atomic E-state index is 12.5. The SMILES string of the molecule is C#CC(C)SCCC(=O)N(CC)c1cn(/C(C)=C/C=C\N=C)nc1Cl. The normalized spacial score (nSPS) is 12.8. The van der Waals surface area contributed by atoms with E-state index in [-0.39, 0.29) is 11.2 Å². The van der Waals surface area contributed by atoms with Gasteiger partial charge < -0.3 is 4.90 Å². The molecule has 0 aliphatic heterocycles. The summed E-state index contributed by atoms with van der Waals surface area (Å²) in [6.45, 7) is 9.63. The molecule has 134 valence electrons. The van der Waals surface area contributed by atoms with Crippen molar-refractivity contribution in [3.8, 4) is 12.3 Å². The smallest absolute Gasteiger partial charge is 0.227 e. The van der Waals surface area contributed by atoms with Crippen LogP contribution >= 0.6 is 23.4 Å². The number of hydrogen-bond acceptors (Lipinski definition) is 4. The lowest BCUT2D eigenvalue weighted by molar-refractivity contribution is -0.118. The van der Waals surface area contributed by atoms with E-state index in [1.165, 1.54) is 0 Å². The molecule has 1 aromatic rings. The summed E-state index contributed by atoms with van der Waals surface area (Å²) in [6, 6.07) is 0. The van der Waals surface area contributed by atoms with Gasteiger partial charge in [0.1, 0.15) is 5.69 Å². The second-order valence-corrected chi connectivity index (χ2v) is 6.96. The molecule has 0 aliphatic rings. The van der Waals surface area contributed by atoms with Gasteiger partial charge in [-0.3, -0.25) is 9.79 Å². The summed E-state index contributed by atoms with van der Waals surface area (Å²) in [5, 5.41) is 4.66. The largest absolute Gasteiger partial charge is 0.308 e. The first-order chi connectivity index (χ1) is 11.9. The molecule has 0 radical (unpaired) electrons. The van der Waals surface area contributed by atoms with Crippen molar-refractivity contribution in [3.63, 3.8) is 0 Å². The van der Waals surface area contributed by atoms with Gasteiger partial charge in [-0.25, -0.2) is 4.68 Å². The van der Waals surface area contributed by atoms with Crippen molar-refractivity contribution in [1.82, 2.24) is 9.78 Å². The first kappa shape index (κ1) is 21.1. The third kappa shape index (κ3) is 6.45. The molecule has 1 amide bonds. The molecule has 0 N–H and O–H groups in total. The zero-order valence-corrected chi connectivity index (χ0v) is 16.3. The summed E-state index contributed by atoms with van der Waals surface area (Å²) in [5.41, 5.74) is 1.44. The molecule has 1 unspecified atom stereocenters. The molecular formula is C18H23ClN4OS. The van der Waals surface area contributed by atoms with Gasteiger partial charge in [0.15, 0.2) is 5.15 Å². The van der Waals surface area contributed by atoms with Crippen LogP contribution in [-0.4, -0.2) is 40.0 Å². The third-order valence-corrected chi connectivity index (χ3v) is 4.71. The van der Waals surface area contributed by atoms with Gasteiger partial charge in [-0.15, -0.1) is 18.2 Å². The average Bonchev–Trinajstić information content (AvgIpc) is 2.97. The van der Waals surface area contributed by atoms with Gasteiger partial charge in [0, 0.05) is 30.6 Å². The van der Waals surface area contributed by atoms with Crippen LogP contribution in [0, 0.1) is 12.3 Å². The number of aromatic nitrogens is 2. The van der Waals surface area contributed by atoms with E-state index in [0.717, 1.165) is 5.70 Å². The third-order valence-electron chi connectivity index (χ3n) is 3.37. The van der Waals surface area contributed by atoms with Crippen molar-refractivity contribution in [3.05, 3.63) is 29.7 Å². The van der Waals surface area contributed by atoms with Gasteiger partial charge in [-0.1, -0.05) is 17.5 Å². The van der Waals surface area contributed by atoms with Crippen molar-refractivity contribution >= 4 is 47.4 Å². The van der Waals surface area contributed by atoms with E-state index in [1.54, 1.807) is 39.8 Å². The molecule has 0 bridgehead atoms. The highest BCUT2D eigenvalue weighted by Crippen LogP contribution is 2.26. The molecular weight excluding hydrogens is 356 g/mol. The fourth-order valence-electron chi connectivity index (χ4n) is 2.01. The van der Waals surface area contributed by atoms with Crippen LogP contribution < -0.4 is 4.90 Å². The molecule has 0 saturated carbocycles. The molecule has 0 saturated heterocycles. The minimum absolute atomic E-state index is 0.00180. The van der Waals surface area contributed by atoms with Gasteiger partial charge >= 0.3 is 0 Å². The summed E-state index contributed by atoms with van der Waals surface area (Å²) in [5.74, 6) is 3.31. The van der Waals surface area contributed by atoms with Crippen molar-refractivity contribution < 1.29 is 4.79 Å². The fourth-order valence-corrected chi connectivity index (χ4v) is 2.99. The molecule has 1 aromatic heterocycles. The number of rotatable bonds is 9. The lowest BCUT2D eigenvalue weighted by Crippen LogP contribution is -2.30. The summed E-state index contributed by atoms with van der Waals surface area (Å²) in [4.78, 5) is 17.8. The summed E-state index contributed by atoms with van der Waals surface area (Å²) in [6.07, 6.45) is 12.7. The van der Waals surface area contributed by atoms with Gasteiger partial charge in [0.05, 0.1) is 11.4 Å². The highest BCUT2D eigenvalue weighted by atomic mass is 35.5. The molecule has 1 heterocycles. The maximum Gasteiger partial charge on any atom is 0.227 e. The summed E-state index contributed by atoms with van der Waals surface area (Å²) >= 11 is 7.83. The molecule has 25 heavy (non-hydrogen) atoms. The van der Waals surface area contributed by atoms with Crippen molar-refractivity contribution in [2.75, 3.05) is 17.2 Å². The van der Waals surface area contributed by atoms with E-state index in [4.69, 9.17) is 18.0 Å². The Kier molecular flexibility index (Phi) is 9.11. The van der Waals surface area contributed by atoms with E-state index >= 15 is 0 Å². The van der Waals surface area contributed by atoms with Crippen LogP contribution in [0.25, 0.3) is 5.70 Å². The van der Waals surface area contributed by atoms with Crippen LogP contribution in [0.15, 0.2) is 29.5 Å². The Bertz CT molecular complexity index is 702. The Labute approximate surface area is 158 Å². The number of thioether (sulfide) groups is 1. The van der Waals surface area contributed by atoms with Crippen molar-refractivity contribution in [2.24, 2.45) is 4.99 Å². The van der Waals surface area contributed by atoms with Gasteiger partial charge in [0.25, 0.3) is 0 Å². The van der Waals surface area contributed by atoms with Gasteiger partial charge in [-0.2, -0.15) is 5.10 Å². The number of hydrogen-bond donors (Lipinski definition) is 0. The molecule has 1 atom stereocenters. The standard InChI is InChI=1S/C18H23ClN4OS/c1-6-15(4)25-12-10-17(24)22(7-2)16-13-23(21-18(16)19)14(3)9-8-11-20-5/h1,8-9,11,13,15H,5,7,10,12H2,2-4H3/b11-8-,14-9+. The second kappa shape index (κ2) is 10.8. The predicted octanol–water partition coefficient (Wildman–Crippen LogP) is 4.11. The first-order valence-electron chi connectivity index (χ1n) is 7.87. The van der Waals surface area contributed by atoms with Crippen LogP contribution in [0.3, 0.4) is 0 Å². The monoisotopic (exact) mass is 378 g/mol. The Morgan fingerprint density at radius 1 is 1.68 bits per heavy atom. The lowest BCUT2D eigenvalue weighted by Gasteiger charge is -2.19. The zero-order chi connectivity index (χ0) is 18.8. The number of nitrogens with zero attached hydrogens (tertiary/aromatic N) is 4. The molecule has 0 aromatic carbocycles. The molecule has 7 heteroatoms. The minimum Gasteiger partial charge on any atom is -0.308 e. The van der Waals surface area contributed by atoms with Crippen LogP contribution in [-0.2, 0) is 4.79 Å². The number of amides is 1. The highest BCUT2D eigenvalue weighted by molar-refractivity contribution is 8.00.